The highest BCUT2D eigenvalue weighted by atomic mass is 19.4. The van der Waals surface area contributed by atoms with E-state index in [0.29, 0.717) is 11.6 Å². The minimum atomic E-state index is -4.84. The van der Waals surface area contributed by atoms with E-state index in [2.05, 4.69) is 15.6 Å². The summed E-state index contributed by atoms with van der Waals surface area (Å²) in [5, 5.41) is 4.55. The van der Waals surface area contributed by atoms with Crippen molar-refractivity contribution in [2.75, 3.05) is 10.6 Å². The summed E-state index contributed by atoms with van der Waals surface area (Å²) >= 11 is 0. The van der Waals surface area contributed by atoms with E-state index in [-0.39, 0.29) is 28.6 Å². The minimum Gasteiger partial charge on any atom is -0.441 e. The number of alkyl halides is 3. The van der Waals surface area contributed by atoms with Gasteiger partial charge in [-0.15, -0.1) is 0 Å². The lowest BCUT2D eigenvalue weighted by Gasteiger charge is -2.15. The average molecular weight is 483 g/mol. The molecule has 0 saturated carbocycles. The number of nitrogens with zero attached hydrogens (tertiary/aromatic N) is 1. The van der Waals surface area contributed by atoms with Crippen LogP contribution in [-0.4, -0.2) is 16.8 Å². The van der Waals surface area contributed by atoms with Crippen LogP contribution in [0.1, 0.15) is 32.2 Å². The first kappa shape index (κ1) is 23.7. The van der Waals surface area contributed by atoms with Crippen molar-refractivity contribution in [2.45, 2.75) is 13.1 Å². The molecule has 35 heavy (non-hydrogen) atoms. The second-order valence-corrected chi connectivity index (χ2v) is 7.46. The Hall–Kier alpha value is -4.47. The van der Waals surface area contributed by atoms with Gasteiger partial charge < -0.3 is 15.1 Å². The molecule has 1 aromatic heterocycles. The molecule has 0 bridgehead atoms. The molecule has 0 aliphatic heterocycles. The average Bonchev–Trinajstić information content (AvgIpc) is 3.22. The molecule has 6 nitrogen and oxygen atoms in total. The van der Waals surface area contributed by atoms with Gasteiger partial charge in [0.15, 0.2) is 5.69 Å². The molecular weight excluding hydrogens is 466 g/mol. The van der Waals surface area contributed by atoms with Gasteiger partial charge in [0.1, 0.15) is 11.6 Å². The first-order chi connectivity index (χ1) is 16.6. The Kier molecular flexibility index (Phi) is 6.37. The van der Waals surface area contributed by atoms with Gasteiger partial charge in [-0.05, 0) is 61.5 Å². The number of aryl methyl sites for hydroxylation is 1. The third-order valence-corrected chi connectivity index (χ3v) is 4.97. The van der Waals surface area contributed by atoms with Gasteiger partial charge in [-0.25, -0.2) is 9.37 Å². The van der Waals surface area contributed by atoms with Crippen LogP contribution in [0.15, 0.2) is 77.2 Å². The summed E-state index contributed by atoms with van der Waals surface area (Å²) in [5.74, 6) is -1.87. The van der Waals surface area contributed by atoms with E-state index in [4.69, 9.17) is 4.42 Å². The fourth-order valence-corrected chi connectivity index (χ4v) is 3.26. The van der Waals surface area contributed by atoms with Crippen molar-refractivity contribution in [2.24, 2.45) is 0 Å². The van der Waals surface area contributed by atoms with E-state index >= 15 is 0 Å². The number of halogens is 4. The molecule has 1 heterocycles. The highest BCUT2D eigenvalue weighted by Crippen LogP contribution is 2.37. The molecule has 0 aliphatic rings. The number of aromatic nitrogens is 1. The number of hydrogen-bond acceptors (Lipinski definition) is 4. The van der Waals surface area contributed by atoms with Crippen molar-refractivity contribution in [1.82, 2.24) is 4.98 Å². The maximum atomic E-state index is 13.8. The van der Waals surface area contributed by atoms with Crippen molar-refractivity contribution in [3.63, 3.8) is 0 Å². The number of amides is 2. The topological polar surface area (TPSA) is 84.2 Å². The molecule has 0 aliphatic carbocycles. The molecule has 0 unspecified atom stereocenters. The van der Waals surface area contributed by atoms with Crippen molar-refractivity contribution in [3.8, 4) is 11.5 Å². The molecule has 3 aromatic carbocycles. The predicted molar refractivity (Wildman–Crippen MR) is 120 cm³/mol. The summed E-state index contributed by atoms with van der Waals surface area (Å²) in [6.45, 7) is 1.48. The lowest BCUT2D eigenvalue weighted by Crippen LogP contribution is -2.19. The van der Waals surface area contributed by atoms with E-state index in [9.17, 15) is 27.2 Å². The molecule has 2 amide bonds. The molecule has 0 radical (unpaired) electrons. The zero-order valence-corrected chi connectivity index (χ0v) is 18.1. The minimum absolute atomic E-state index is 0.0630. The molecule has 178 valence electrons. The van der Waals surface area contributed by atoms with Gasteiger partial charge in [-0.1, -0.05) is 18.2 Å². The fraction of sp³-hybridized carbons (Fsp3) is 0.0800. The third kappa shape index (κ3) is 5.37. The van der Waals surface area contributed by atoms with Gasteiger partial charge in [0.05, 0.1) is 11.3 Å². The second-order valence-electron chi connectivity index (χ2n) is 7.46. The SMILES string of the molecule is Cc1oc(-c2ccccc2)nc1C(=O)Nc1ccc(NC(=O)c2ccc(F)cc2)cc1C(F)(F)F. The number of anilines is 2. The number of rotatable bonds is 5. The van der Waals surface area contributed by atoms with Crippen molar-refractivity contribution in [1.29, 1.82) is 0 Å². The van der Waals surface area contributed by atoms with Gasteiger partial charge >= 0.3 is 6.18 Å². The Labute approximate surface area is 196 Å². The van der Waals surface area contributed by atoms with Crippen LogP contribution in [-0.2, 0) is 6.18 Å². The number of carbonyl (C=O) groups excluding carboxylic acids is 2. The summed E-state index contributed by atoms with van der Waals surface area (Å²) in [5.41, 5.74) is -1.35. The number of hydrogen-bond donors (Lipinski definition) is 2. The van der Waals surface area contributed by atoms with Gasteiger partial charge in [0.2, 0.25) is 5.89 Å². The van der Waals surface area contributed by atoms with Crippen LogP contribution in [0, 0.1) is 12.7 Å². The Morgan fingerprint density at radius 3 is 2.23 bits per heavy atom. The Morgan fingerprint density at radius 1 is 0.886 bits per heavy atom. The van der Waals surface area contributed by atoms with Gasteiger partial charge in [0.25, 0.3) is 11.8 Å². The fourth-order valence-electron chi connectivity index (χ4n) is 3.26. The molecule has 2 N–H and O–H groups in total. The largest absolute Gasteiger partial charge is 0.441 e. The van der Waals surface area contributed by atoms with E-state index in [1.54, 1.807) is 30.3 Å². The van der Waals surface area contributed by atoms with E-state index < -0.39 is 35.1 Å². The van der Waals surface area contributed by atoms with E-state index in [1.165, 1.54) is 25.1 Å². The lowest BCUT2D eigenvalue weighted by molar-refractivity contribution is -0.136. The third-order valence-electron chi connectivity index (χ3n) is 4.97. The highest BCUT2D eigenvalue weighted by molar-refractivity contribution is 6.06. The quantitative estimate of drug-likeness (QED) is 0.326. The van der Waals surface area contributed by atoms with Crippen LogP contribution in [0.5, 0.6) is 0 Å². The van der Waals surface area contributed by atoms with Crippen LogP contribution in [0.2, 0.25) is 0 Å². The summed E-state index contributed by atoms with van der Waals surface area (Å²) in [6, 6.07) is 16.2. The maximum absolute atomic E-state index is 13.8. The summed E-state index contributed by atoms with van der Waals surface area (Å²) in [4.78, 5) is 29.1. The highest BCUT2D eigenvalue weighted by Gasteiger charge is 2.35. The molecule has 4 aromatic rings. The van der Waals surface area contributed by atoms with Crippen LogP contribution in [0.4, 0.5) is 28.9 Å². The van der Waals surface area contributed by atoms with Crippen molar-refractivity contribution < 1.29 is 31.6 Å². The zero-order valence-electron chi connectivity index (χ0n) is 18.1. The maximum Gasteiger partial charge on any atom is 0.418 e. The monoisotopic (exact) mass is 483 g/mol. The number of benzene rings is 3. The van der Waals surface area contributed by atoms with Crippen molar-refractivity contribution in [3.05, 3.63) is 101 Å². The summed E-state index contributed by atoms with van der Waals surface area (Å²) < 4.78 is 59.8. The normalized spacial score (nSPS) is 11.2. The zero-order chi connectivity index (χ0) is 25.2. The van der Waals surface area contributed by atoms with Crippen LogP contribution in [0.25, 0.3) is 11.5 Å². The second kappa shape index (κ2) is 9.41. The number of carbonyl (C=O) groups is 2. The predicted octanol–water partition coefficient (Wildman–Crippen LogP) is 6.31. The van der Waals surface area contributed by atoms with E-state index in [0.717, 1.165) is 18.2 Å². The number of nitrogens with one attached hydrogen (secondary N) is 2. The Balaban J connectivity index is 1.58. The standard InChI is InChI=1S/C25H17F4N3O3/c1-14-21(32-24(35-14)16-5-3-2-4-6-16)23(34)31-20-12-11-18(13-19(20)25(27,28)29)30-22(33)15-7-9-17(26)10-8-15/h2-13H,1H3,(H,30,33)(H,31,34). The van der Waals surface area contributed by atoms with E-state index in [1.807, 2.05) is 0 Å². The van der Waals surface area contributed by atoms with Crippen LogP contribution in [0.3, 0.4) is 0 Å². The summed E-state index contributed by atoms with van der Waals surface area (Å²) in [7, 11) is 0. The Morgan fingerprint density at radius 2 is 1.57 bits per heavy atom. The van der Waals surface area contributed by atoms with Gasteiger partial charge in [-0.2, -0.15) is 13.2 Å². The first-order valence-electron chi connectivity index (χ1n) is 10.2. The molecule has 0 spiro atoms. The molecule has 0 saturated heterocycles. The first-order valence-corrected chi connectivity index (χ1v) is 10.2. The molecular formula is C25H17F4N3O3. The number of oxazole rings is 1. The molecule has 0 fully saturated rings. The summed E-state index contributed by atoms with van der Waals surface area (Å²) in [6.07, 6.45) is -4.84. The van der Waals surface area contributed by atoms with Gasteiger partial charge in [-0.3, -0.25) is 9.59 Å². The molecule has 0 atom stereocenters. The lowest BCUT2D eigenvalue weighted by atomic mass is 10.1. The smallest absolute Gasteiger partial charge is 0.418 e. The van der Waals surface area contributed by atoms with Crippen LogP contribution >= 0.6 is 0 Å². The molecule has 10 heteroatoms. The van der Waals surface area contributed by atoms with Crippen molar-refractivity contribution >= 4 is 23.2 Å². The van der Waals surface area contributed by atoms with Crippen LogP contribution < -0.4 is 10.6 Å². The molecule has 4 rings (SSSR count). The Bertz CT molecular complexity index is 1380. The van der Waals surface area contributed by atoms with Gasteiger partial charge in [0, 0.05) is 16.8 Å².